The molecule has 2 atom stereocenters. The van der Waals surface area contributed by atoms with Crippen molar-refractivity contribution in [1.82, 2.24) is 4.90 Å². The Kier molecular flexibility index (Phi) is 3.07. The largest absolute Gasteiger partial charge is 0.443 e. The highest BCUT2D eigenvalue weighted by molar-refractivity contribution is 5.91. The molecule has 0 saturated heterocycles. The van der Waals surface area contributed by atoms with Gasteiger partial charge in [-0.15, -0.1) is 0 Å². The van der Waals surface area contributed by atoms with Gasteiger partial charge in [-0.3, -0.25) is 4.79 Å². The molecule has 4 heteroatoms. The SMILES string of the molecule is CC(=O)N(C(=O)OC(C)(C)C)C1CC1C. The second-order valence-corrected chi connectivity index (χ2v) is 5.15. The summed E-state index contributed by atoms with van der Waals surface area (Å²) in [6.45, 7) is 8.79. The third-order valence-corrected chi connectivity index (χ3v) is 2.33. The number of carbonyl (C=O) groups is 2. The lowest BCUT2D eigenvalue weighted by molar-refractivity contribution is -0.128. The minimum Gasteiger partial charge on any atom is -0.443 e. The summed E-state index contributed by atoms with van der Waals surface area (Å²) in [5, 5.41) is 0. The number of rotatable bonds is 1. The molecule has 0 bridgehead atoms. The first-order valence-electron chi connectivity index (χ1n) is 5.25. The maximum absolute atomic E-state index is 11.7. The molecule has 15 heavy (non-hydrogen) atoms. The van der Waals surface area contributed by atoms with E-state index in [4.69, 9.17) is 4.74 Å². The lowest BCUT2D eigenvalue weighted by atomic mass is 10.2. The van der Waals surface area contributed by atoms with Crippen molar-refractivity contribution in [2.45, 2.75) is 52.7 Å². The molecular weight excluding hydrogens is 194 g/mol. The number of carbonyl (C=O) groups excluding carboxylic acids is 2. The van der Waals surface area contributed by atoms with Gasteiger partial charge in [0.05, 0.1) is 0 Å². The van der Waals surface area contributed by atoms with Crippen molar-refractivity contribution in [1.29, 1.82) is 0 Å². The molecule has 0 aromatic rings. The van der Waals surface area contributed by atoms with Crippen molar-refractivity contribution in [2.24, 2.45) is 5.92 Å². The minimum absolute atomic E-state index is 0.0392. The Bertz CT molecular complexity index is 280. The third kappa shape index (κ3) is 3.22. The lowest BCUT2D eigenvalue weighted by Gasteiger charge is -2.25. The van der Waals surface area contributed by atoms with Crippen molar-refractivity contribution in [3.8, 4) is 0 Å². The number of nitrogens with zero attached hydrogens (tertiary/aromatic N) is 1. The first kappa shape index (κ1) is 12.0. The number of hydrogen-bond acceptors (Lipinski definition) is 3. The van der Waals surface area contributed by atoms with Crippen LogP contribution in [0, 0.1) is 5.92 Å². The van der Waals surface area contributed by atoms with Gasteiger partial charge in [-0.05, 0) is 33.1 Å². The minimum atomic E-state index is -0.553. The molecule has 1 fully saturated rings. The lowest BCUT2D eigenvalue weighted by Crippen LogP contribution is -2.41. The monoisotopic (exact) mass is 213 g/mol. The zero-order valence-corrected chi connectivity index (χ0v) is 10.0. The Morgan fingerprint density at radius 3 is 2.07 bits per heavy atom. The van der Waals surface area contributed by atoms with Crippen LogP contribution >= 0.6 is 0 Å². The molecule has 1 aliphatic carbocycles. The van der Waals surface area contributed by atoms with Crippen LogP contribution in [0.4, 0.5) is 4.79 Å². The summed E-state index contributed by atoms with van der Waals surface area (Å²) in [7, 11) is 0. The van der Waals surface area contributed by atoms with Crippen LogP contribution in [0.3, 0.4) is 0 Å². The third-order valence-electron chi connectivity index (χ3n) is 2.33. The molecule has 86 valence electrons. The zero-order valence-electron chi connectivity index (χ0n) is 10.0. The van der Waals surface area contributed by atoms with Gasteiger partial charge in [0.15, 0.2) is 0 Å². The normalized spacial score (nSPS) is 24.6. The standard InChI is InChI=1S/C11H19NO3/c1-7-6-9(7)12(8(2)13)10(14)15-11(3,4)5/h7,9H,6H2,1-5H3. The summed E-state index contributed by atoms with van der Waals surface area (Å²) in [5.41, 5.74) is -0.553. The maximum Gasteiger partial charge on any atom is 0.417 e. The molecule has 0 aromatic heterocycles. The van der Waals surface area contributed by atoms with Crippen LogP contribution in [0.2, 0.25) is 0 Å². The van der Waals surface area contributed by atoms with E-state index in [1.165, 1.54) is 11.8 Å². The molecule has 0 aromatic carbocycles. The topological polar surface area (TPSA) is 46.6 Å². The van der Waals surface area contributed by atoms with Gasteiger partial charge >= 0.3 is 6.09 Å². The van der Waals surface area contributed by atoms with E-state index in [1.807, 2.05) is 6.92 Å². The molecule has 0 spiro atoms. The van der Waals surface area contributed by atoms with Gasteiger partial charge in [0.2, 0.25) is 5.91 Å². The summed E-state index contributed by atoms with van der Waals surface area (Å²) in [6.07, 6.45) is 0.364. The molecule has 0 heterocycles. The van der Waals surface area contributed by atoms with Gasteiger partial charge in [-0.2, -0.15) is 0 Å². The fraction of sp³-hybridized carbons (Fsp3) is 0.818. The maximum atomic E-state index is 11.7. The number of ether oxygens (including phenoxy) is 1. The summed E-state index contributed by atoms with van der Waals surface area (Å²) >= 11 is 0. The molecule has 4 nitrogen and oxygen atoms in total. The van der Waals surface area contributed by atoms with E-state index in [9.17, 15) is 9.59 Å². The van der Waals surface area contributed by atoms with Crippen LogP contribution in [0.5, 0.6) is 0 Å². The molecule has 0 aliphatic heterocycles. The van der Waals surface area contributed by atoms with Crippen LogP contribution in [0.25, 0.3) is 0 Å². The molecule has 1 aliphatic rings. The number of amides is 2. The average Bonchev–Trinajstić information content (AvgIpc) is 2.61. The summed E-state index contributed by atoms with van der Waals surface area (Å²) in [4.78, 5) is 24.3. The van der Waals surface area contributed by atoms with Gasteiger partial charge in [-0.1, -0.05) is 6.92 Å². The smallest absolute Gasteiger partial charge is 0.417 e. The van der Waals surface area contributed by atoms with Gasteiger partial charge in [-0.25, -0.2) is 9.69 Å². The van der Waals surface area contributed by atoms with Crippen molar-refractivity contribution in [3.05, 3.63) is 0 Å². The van der Waals surface area contributed by atoms with E-state index in [0.717, 1.165) is 6.42 Å². The van der Waals surface area contributed by atoms with Gasteiger partial charge < -0.3 is 4.74 Å². The summed E-state index contributed by atoms with van der Waals surface area (Å²) < 4.78 is 5.18. The summed E-state index contributed by atoms with van der Waals surface area (Å²) in [5.74, 6) is 0.167. The van der Waals surface area contributed by atoms with E-state index in [-0.39, 0.29) is 11.9 Å². The van der Waals surface area contributed by atoms with Crippen LogP contribution in [-0.2, 0) is 9.53 Å². The fourth-order valence-electron chi connectivity index (χ4n) is 1.47. The Hall–Kier alpha value is -1.06. The van der Waals surface area contributed by atoms with Crippen molar-refractivity contribution < 1.29 is 14.3 Å². The summed E-state index contributed by atoms with van der Waals surface area (Å²) in [6, 6.07) is 0.0392. The van der Waals surface area contributed by atoms with E-state index < -0.39 is 11.7 Å². The highest BCUT2D eigenvalue weighted by Crippen LogP contribution is 2.35. The second kappa shape index (κ2) is 3.83. The first-order chi connectivity index (χ1) is 6.72. The molecule has 2 amide bonds. The van der Waals surface area contributed by atoms with Crippen LogP contribution < -0.4 is 0 Å². The van der Waals surface area contributed by atoms with Crippen LogP contribution in [0.1, 0.15) is 41.0 Å². The predicted octanol–water partition coefficient (Wildman–Crippen LogP) is 2.18. The Labute approximate surface area is 90.6 Å². The number of hydrogen-bond donors (Lipinski definition) is 0. The molecule has 0 N–H and O–H groups in total. The van der Waals surface area contributed by atoms with E-state index in [1.54, 1.807) is 20.8 Å². The van der Waals surface area contributed by atoms with Gasteiger partial charge in [0.25, 0.3) is 0 Å². The quantitative estimate of drug-likeness (QED) is 0.670. The van der Waals surface area contributed by atoms with Crippen molar-refractivity contribution >= 4 is 12.0 Å². The average molecular weight is 213 g/mol. The highest BCUT2D eigenvalue weighted by Gasteiger charge is 2.44. The first-order valence-corrected chi connectivity index (χ1v) is 5.25. The predicted molar refractivity (Wildman–Crippen MR) is 56.3 cm³/mol. The van der Waals surface area contributed by atoms with Crippen molar-refractivity contribution in [2.75, 3.05) is 0 Å². The van der Waals surface area contributed by atoms with Crippen LogP contribution in [-0.4, -0.2) is 28.5 Å². The molecule has 2 unspecified atom stereocenters. The Morgan fingerprint density at radius 2 is 1.80 bits per heavy atom. The molecule has 0 radical (unpaired) electrons. The van der Waals surface area contributed by atoms with Gasteiger partial charge in [0.1, 0.15) is 5.60 Å². The molecule has 1 saturated carbocycles. The highest BCUT2D eigenvalue weighted by atomic mass is 16.6. The molecule has 1 rings (SSSR count). The van der Waals surface area contributed by atoms with E-state index in [2.05, 4.69) is 0 Å². The van der Waals surface area contributed by atoms with Gasteiger partial charge in [0, 0.05) is 13.0 Å². The van der Waals surface area contributed by atoms with E-state index >= 15 is 0 Å². The van der Waals surface area contributed by atoms with Crippen molar-refractivity contribution in [3.63, 3.8) is 0 Å². The Morgan fingerprint density at radius 1 is 1.33 bits per heavy atom. The molecular formula is C11H19NO3. The second-order valence-electron chi connectivity index (χ2n) is 5.15. The van der Waals surface area contributed by atoms with Crippen LogP contribution in [0.15, 0.2) is 0 Å². The zero-order chi connectivity index (χ0) is 11.8. The Balaban J connectivity index is 2.65. The fourth-order valence-corrected chi connectivity index (χ4v) is 1.47. The number of imide groups is 1. The van der Waals surface area contributed by atoms with E-state index in [0.29, 0.717) is 5.92 Å².